The van der Waals surface area contributed by atoms with Crippen molar-refractivity contribution in [1.29, 1.82) is 0 Å². The molecule has 1 saturated carbocycles. The molecule has 12 nitrogen and oxygen atoms in total. The summed E-state index contributed by atoms with van der Waals surface area (Å²) in [6.45, 7) is 1.07. The summed E-state index contributed by atoms with van der Waals surface area (Å²) in [6.07, 6.45) is 3.22. The van der Waals surface area contributed by atoms with E-state index >= 15 is 0 Å². The number of carbonyl (C=O) groups excluding carboxylic acids is 3. The lowest BCUT2D eigenvalue weighted by atomic mass is 9.73. The van der Waals surface area contributed by atoms with E-state index in [1.54, 1.807) is 0 Å². The number of benzene rings is 1. The van der Waals surface area contributed by atoms with Gasteiger partial charge in [0.05, 0.1) is 4.92 Å². The fraction of sp³-hybridized carbons (Fsp3) is 0.450. The Labute approximate surface area is 182 Å². The topological polar surface area (TPSA) is 158 Å². The highest BCUT2D eigenvalue weighted by Crippen LogP contribution is 2.38. The number of ether oxygens (including phenoxy) is 1. The Morgan fingerprint density at radius 1 is 1.31 bits per heavy atom. The average molecular weight is 443 g/mol. The van der Waals surface area contributed by atoms with Crippen LogP contribution in [0.5, 0.6) is 0 Å². The molecule has 0 unspecified atom stereocenters. The van der Waals surface area contributed by atoms with E-state index in [-0.39, 0.29) is 30.0 Å². The van der Waals surface area contributed by atoms with Gasteiger partial charge in [0.25, 0.3) is 17.5 Å². The third-order valence-corrected chi connectivity index (χ3v) is 5.94. The van der Waals surface area contributed by atoms with E-state index in [0.717, 1.165) is 24.2 Å². The fourth-order valence-electron chi connectivity index (χ4n) is 4.11. The van der Waals surface area contributed by atoms with Crippen LogP contribution in [-0.4, -0.2) is 50.0 Å². The van der Waals surface area contributed by atoms with E-state index in [0.29, 0.717) is 12.0 Å². The molecule has 2 aromatic rings. The minimum Gasteiger partial charge on any atom is -0.454 e. The van der Waals surface area contributed by atoms with Crippen molar-refractivity contribution >= 4 is 23.6 Å². The highest BCUT2D eigenvalue weighted by atomic mass is 16.6. The number of carbonyl (C=O) groups is 3. The number of imide groups is 1. The number of non-ortho nitro benzene ring substituents is 1. The molecular weight excluding hydrogens is 422 g/mol. The van der Waals surface area contributed by atoms with Crippen molar-refractivity contribution in [3.05, 3.63) is 40.3 Å². The van der Waals surface area contributed by atoms with Gasteiger partial charge in [0.2, 0.25) is 5.89 Å². The maximum Gasteiger partial charge on any atom is 0.326 e. The molecule has 1 aliphatic heterocycles. The van der Waals surface area contributed by atoms with Crippen LogP contribution in [0.1, 0.15) is 38.5 Å². The molecule has 2 fully saturated rings. The number of esters is 1. The molecule has 12 heteroatoms. The van der Waals surface area contributed by atoms with Crippen molar-refractivity contribution in [1.82, 2.24) is 20.4 Å². The second-order valence-electron chi connectivity index (χ2n) is 7.91. The van der Waals surface area contributed by atoms with Crippen molar-refractivity contribution in [3.8, 4) is 11.5 Å². The number of nitro groups is 1. The van der Waals surface area contributed by atoms with E-state index in [4.69, 9.17) is 9.15 Å². The first-order valence-corrected chi connectivity index (χ1v) is 10.2. The Hall–Kier alpha value is -3.83. The summed E-state index contributed by atoms with van der Waals surface area (Å²) in [6, 6.07) is 4.93. The van der Waals surface area contributed by atoms with Gasteiger partial charge in [0.15, 0.2) is 6.61 Å². The van der Waals surface area contributed by atoms with E-state index in [9.17, 15) is 24.5 Å². The number of hydrogen-bond acceptors (Lipinski definition) is 9. The van der Waals surface area contributed by atoms with Crippen molar-refractivity contribution in [2.75, 3.05) is 6.54 Å². The second-order valence-corrected chi connectivity index (χ2v) is 7.91. The zero-order valence-corrected chi connectivity index (χ0v) is 17.3. The molecular formula is C20H21N5O7. The number of rotatable bonds is 6. The third-order valence-electron chi connectivity index (χ3n) is 5.94. The van der Waals surface area contributed by atoms with E-state index in [2.05, 4.69) is 15.5 Å². The van der Waals surface area contributed by atoms with Crippen LogP contribution < -0.4 is 5.32 Å². The molecule has 0 radical (unpaired) electrons. The zero-order valence-electron chi connectivity index (χ0n) is 17.3. The summed E-state index contributed by atoms with van der Waals surface area (Å²) in [5.74, 6) is -1.09. The maximum absolute atomic E-state index is 12.9. The summed E-state index contributed by atoms with van der Waals surface area (Å²) < 4.78 is 10.5. The van der Waals surface area contributed by atoms with Gasteiger partial charge >= 0.3 is 12.0 Å². The summed E-state index contributed by atoms with van der Waals surface area (Å²) in [4.78, 5) is 48.6. The standard InChI is InChI=1S/C20H21N5O7/c1-12-4-2-3-9-20(12)18(27)24(19(28)21-20)10-16(26)31-11-15-22-23-17(32-15)13-5-7-14(8-6-13)25(29)30/h5-8,12H,2-4,9-11H2,1H3,(H,21,28)/t12-,20+/m0/s1. The fourth-order valence-corrected chi connectivity index (χ4v) is 4.11. The predicted molar refractivity (Wildman–Crippen MR) is 107 cm³/mol. The van der Waals surface area contributed by atoms with Gasteiger partial charge in [0.1, 0.15) is 12.1 Å². The highest BCUT2D eigenvalue weighted by Gasteiger charge is 2.55. The number of nitrogens with zero attached hydrogens (tertiary/aromatic N) is 4. The smallest absolute Gasteiger partial charge is 0.326 e. The molecule has 3 amide bonds. The molecule has 1 N–H and O–H groups in total. The van der Waals surface area contributed by atoms with Crippen LogP contribution in [0.2, 0.25) is 0 Å². The average Bonchev–Trinajstić information content (AvgIpc) is 3.34. The van der Waals surface area contributed by atoms with E-state index in [1.165, 1.54) is 24.3 Å². The molecule has 2 atom stereocenters. The van der Waals surface area contributed by atoms with Gasteiger partial charge in [-0.1, -0.05) is 19.8 Å². The molecule has 1 spiro atoms. The Morgan fingerprint density at radius 2 is 2.06 bits per heavy atom. The number of urea groups is 1. The minimum absolute atomic E-state index is 0.00118. The van der Waals surface area contributed by atoms with Gasteiger partial charge < -0.3 is 14.5 Å². The van der Waals surface area contributed by atoms with Gasteiger partial charge in [0, 0.05) is 17.7 Å². The number of nitrogens with one attached hydrogen (secondary N) is 1. The normalized spacial score (nSPS) is 22.8. The van der Waals surface area contributed by atoms with Crippen LogP contribution in [0.3, 0.4) is 0 Å². The van der Waals surface area contributed by atoms with Crippen LogP contribution >= 0.6 is 0 Å². The molecule has 0 bridgehead atoms. The van der Waals surface area contributed by atoms with Crippen molar-refractivity contribution in [2.24, 2.45) is 5.92 Å². The van der Waals surface area contributed by atoms with Crippen molar-refractivity contribution < 1.29 is 28.5 Å². The molecule has 1 aromatic carbocycles. The van der Waals surface area contributed by atoms with Gasteiger partial charge in [-0.25, -0.2) is 4.79 Å². The monoisotopic (exact) mass is 443 g/mol. The summed E-state index contributed by atoms with van der Waals surface area (Å²) in [7, 11) is 0. The van der Waals surface area contributed by atoms with Crippen LogP contribution in [0.25, 0.3) is 11.5 Å². The lowest BCUT2D eigenvalue weighted by molar-refractivity contribution is -0.384. The summed E-state index contributed by atoms with van der Waals surface area (Å²) in [5, 5.41) is 21.1. The first kappa shape index (κ1) is 21.4. The molecule has 1 aromatic heterocycles. The van der Waals surface area contributed by atoms with Crippen LogP contribution in [-0.2, 0) is 20.9 Å². The Bertz CT molecular complexity index is 1070. The lowest BCUT2D eigenvalue weighted by Crippen LogP contribution is -2.54. The first-order valence-electron chi connectivity index (χ1n) is 10.2. The number of hydrogen-bond donors (Lipinski definition) is 1. The molecule has 1 saturated heterocycles. The molecule has 2 aliphatic rings. The Balaban J connectivity index is 1.34. The quantitative estimate of drug-likeness (QED) is 0.306. The number of nitro benzene ring substituents is 1. The molecule has 168 valence electrons. The maximum atomic E-state index is 12.9. The molecule has 2 heterocycles. The third kappa shape index (κ3) is 3.90. The largest absolute Gasteiger partial charge is 0.454 e. The second kappa shape index (κ2) is 8.36. The number of amides is 3. The first-order chi connectivity index (χ1) is 15.3. The number of aromatic nitrogens is 2. The molecule has 4 rings (SSSR count). The Kier molecular flexibility index (Phi) is 5.59. The van der Waals surface area contributed by atoms with Crippen LogP contribution in [0.15, 0.2) is 28.7 Å². The van der Waals surface area contributed by atoms with Gasteiger partial charge in [-0.05, 0) is 30.9 Å². The minimum atomic E-state index is -0.943. The van der Waals surface area contributed by atoms with Gasteiger partial charge in [-0.15, -0.1) is 10.2 Å². The predicted octanol–water partition coefficient (Wildman–Crippen LogP) is 2.19. The zero-order chi connectivity index (χ0) is 22.9. The van der Waals surface area contributed by atoms with Crippen LogP contribution in [0.4, 0.5) is 10.5 Å². The van der Waals surface area contributed by atoms with Gasteiger partial charge in [-0.3, -0.25) is 24.6 Å². The SMILES string of the molecule is C[C@H]1CCCC[C@@]12NC(=O)N(CC(=O)OCc1nnc(-c3ccc([N+](=O)[O-])cc3)o1)C2=O. The summed E-state index contributed by atoms with van der Waals surface area (Å²) >= 11 is 0. The lowest BCUT2D eigenvalue weighted by Gasteiger charge is -2.36. The Morgan fingerprint density at radius 3 is 2.75 bits per heavy atom. The van der Waals surface area contributed by atoms with Crippen molar-refractivity contribution in [3.63, 3.8) is 0 Å². The van der Waals surface area contributed by atoms with Gasteiger partial charge in [-0.2, -0.15) is 0 Å². The molecule has 32 heavy (non-hydrogen) atoms. The van der Waals surface area contributed by atoms with Crippen molar-refractivity contribution in [2.45, 2.75) is 44.8 Å². The van der Waals surface area contributed by atoms with E-state index in [1.807, 2.05) is 6.92 Å². The van der Waals surface area contributed by atoms with Crippen LogP contribution in [0, 0.1) is 16.0 Å². The molecule has 1 aliphatic carbocycles. The highest BCUT2D eigenvalue weighted by molar-refractivity contribution is 6.08. The summed E-state index contributed by atoms with van der Waals surface area (Å²) in [5.41, 5.74) is -0.555. The van der Waals surface area contributed by atoms with E-state index < -0.39 is 34.9 Å².